The topological polar surface area (TPSA) is 25.8 Å². The fourth-order valence-electron chi connectivity index (χ4n) is 3.59. The Bertz CT molecular complexity index is 1120. The SMILES string of the molecule is CC(C)c1cc(-c2nccc3nc(CC(C)(C)C)sc23)cc2ccccc12. The number of hydrogen-bond acceptors (Lipinski definition) is 3. The van der Waals surface area contributed by atoms with Crippen molar-refractivity contribution in [2.75, 3.05) is 0 Å². The molecule has 0 unspecified atom stereocenters. The molecule has 27 heavy (non-hydrogen) atoms. The van der Waals surface area contributed by atoms with Crippen LogP contribution in [0.1, 0.15) is 51.1 Å². The molecule has 0 aliphatic heterocycles. The van der Waals surface area contributed by atoms with Gasteiger partial charge in [-0.2, -0.15) is 0 Å². The summed E-state index contributed by atoms with van der Waals surface area (Å²) in [4.78, 5) is 9.65. The smallest absolute Gasteiger partial charge is 0.0944 e. The van der Waals surface area contributed by atoms with Crippen LogP contribution in [0.4, 0.5) is 0 Å². The van der Waals surface area contributed by atoms with Crippen molar-refractivity contribution in [1.82, 2.24) is 9.97 Å². The highest BCUT2D eigenvalue weighted by Crippen LogP contribution is 2.37. The molecule has 0 saturated heterocycles. The quantitative estimate of drug-likeness (QED) is 0.378. The minimum Gasteiger partial charge on any atom is -0.255 e. The summed E-state index contributed by atoms with van der Waals surface area (Å²) in [5, 5.41) is 3.80. The third-order valence-corrected chi connectivity index (χ3v) is 5.90. The van der Waals surface area contributed by atoms with Gasteiger partial charge in [-0.3, -0.25) is 4.98 Å². The summed E-state index contributed by atoms with van der Waals surface area (Å²) in [6, 6.07) is 15.3. The molecule has 0 fully saturated rings. The van der Waals surface area contributed by atoms with Gasteiger partial charge in [0.15, 0.2) is 0 Å². The van der Waals surface area contributed by atoms with Gasteiger partial charge in [0.05, 0.1) is 20.9 Å². The van der Waals surface area contributed by atoms with Crippen molar-refractivity contribution in [3.8, 4) is 11.3 Å². The lowest BCUT2D eigenvalue weighted by Crippen LogP contribution is -2.08. The second-order valence-electron chi connectivity index (χ2n) is 8.79. The molecular formula is C24H26N2S. The molecule has 2 heterocycles. The van der Waals surface area contributed by atoms with Crippen LogP contribution in [0.5, 0.6) is 0 Å². The fraction of sp³-hybridized carbons (Fsp3) is 0.333. The van der Waals surface area contributed by atoms with E-state index < -0.39 is 0 Å². The molecule has 0 saturated carbocycles. The normalized spacial score (nSPS) is 12.4. The number of aromatic nitrogens is 2. The zero-order chi connectivity index (χ0) is 19.2. The fourth-order valence-corrected chi connectivity index (χ4v) is 4.96. The van der Waals surface area contributed by atoms with Crippen molar-refractivity contribution >= 4 is 32.3 Å². The predicted molar refractivity (Wildman–Crippen MR) is 118 cm³/mol. The van der Waals surface area contributed by atoms with Crippen molar-refractivity contribution in [1.29, 1.82) is 0 Å². The van der Waals surface area contributed by atoms with Crippen molar-refractivity contribution in [2.24, 2.45) is 5.41 Å². The predicted octanol–water partition coefficient (Wildman–Crippen LogP) is 7.22. The highest BCUT2D eigenvalue weighted by molar-refractivity contribution is 7.19. The van der Waals surface area contributed by atoms with E-state index in [0.717, 1.165) is 17.6 Å². The summed E-state index contributed by atoms with van der Waals surface area (Å²) in [5.41, 5.74) is 4.91. The van der Waals surface area contributed by atoms with Crippen molar-refractivity contribution in [3.05, 3.63) is 59.2 Å². The van der Waals surface area contributed by atoms with Gasteiger partial charge < -0.3 is 0 Å². The summed E-state index contributed by atoms with van der Waals surface area (Å²) in [7, 11) is 0. The van der Waals surface area contributed by atoms with E-state index >= 15 is 0 Å². The molecule has 0 aliphatic rings. The third-order valence-electron chi connectivity index (χ3n) is 4.82. The van der Waals surface area contributed by atoms with E-state index in [-0.39, 0.29) is 5.41 Å². The van der Waals surface area contributed by atoms with Crippen LogP contribution in [0, 0.1) is 5.41 Å². The van der Waals surface area contributed by atoms with E-state index in [1.165, 1.54) is 31.6 Å². The standard InChI is InChI=1S/C24H26N2S/c1-15(2)19-13-17(12-16-8-6-7-9-18(16)19)22-23-20(10-11-25-22)26-21(27-23)14-24(3,4)5/h6-13,15H,14H2,1-5H3. The van der Waals surface area contributed by atoms with Gasteiger partial charge in [0.1, 0.15) is 0 Å². The van der Waals surface area contributed by atoms with Gasteiger partial charge >= 0.3 is 0 Å². The Balaban J connectivity index is 1.92. The lowest BCUT2D eigenvalue weighted by atomic mass is 9.92. The molecule has 4 aromatic rings. The molecule has 0 radical (unpaired) electrons. The van der Waals surface area contributed by atoms with E-state index in [4.69, 9.17) is 9.97 Å². The molecule has 2 aromatic carbocycles. The Morgan fingerprint density at radius 2 is 1.81 bits per heavy atom. The molecule has 4 rings (SSSR count). The van der Waals surface area contributed by atoms with Gasteiger partial charge in [-0.25, -0.2) is 4.98 Å². The van der Waals surface area contributed by atoms with Crippen LogP contribution in [0.3, 0.4) is 0 Å². The summed E-state index contributed by atoms with van der Waals surface area (Å²) in [5.74, 6) is 0.465. The maximum Gasteiger partial charge on any atom is 0.0944 e. The number of benzene rings is 2. The Kier molecular flexibility index (Phi) is 4.51. The van der Waals surface area contributed by atoms with Crippen LogP contribution < -0.4 is 0 Å². The summed E-state index contributed by atoms with van der Waals surface area (Å²) >= 11 is 1.79. The highest BCUT2D eigenvalue weighted by atomic mass is 32.1. The van der Waals surface area contributed by atoms with Gasteiger partial charge in [-0.15, -0.1) is 11.3 Å². The Labute approximate surface area is 165 Å². The maximum atomic E-state index is 4.88. The molecule has 3 heteroatoms. The van der Waals surface area contributed by atoms with Crippen LogP contribution in [0.2, 0.25) is 0 Å². The summed E-state index contributed by atoms with van der Waals surface area (Å²) < 4.78 is 1.20. The van der Waals surface area contributed by atoms with Crippen LogP contribution in [0.25, 0.3) is 32.2 Å². The van der Waals surface area contributed by atoms with Gasteiger partial charge in [0.25, 0.3) is 0 Å². The van der Waals surface area contributed by atoms with E-state index in [0.29, 0.717) is 5.92 Å². The number of pyridine rings is 1. The van der Waals surface area contributed by atoms with Gasteiger partial charge in [0.2, 0.25) is 0 Å². The van der Waals surface area contributed by atoms with Gasteiger partial charge in [0, 0.05) is 18.2 Å². The van der Waals surface area contributed by atoms with Crippen molar-refractivity contribution in [3.63, 3.8) is 0 Å². The van der Waals surface area contributed by atoms with E-state index in [1.807, 2.05) is 12.3 Å². The molecule has 2 aromatic heterocycles. The van der Waals surface area contributed by atoms with Crippen LogP contribution in [-0.2, 0) is 6.42 Å². The van der Waals surface area contributed by atoms with Crippen molar-refractivity contribution in [2.45, 2.75) is 47.0 Å². The third kappa shape index (κ3) is 3.61. The lowest BCUT2D eigenvalue weighted by Gasteiger charge is -2.15. The number of nitrogens with zero attached hydrogens (tertiary/aromatic N) is 2. The second kappa shape index (κ2) is 6.72. The zero-order valence-corrected chi connectivity index (χ0v) is 17.5. The molecular weight excluding hydrogens is 348 g/mol. The van der Waals surface area contributed by atoms with E-state index in [2.05, 4.69) is 71.0 Å². The van der Waals surface area contributed by atoms with Gasteiger partial charge in [-0.1, -0.05) is 58.9 Å². The lowest BCUT2D eigenvalue weighted by molar-refractivity contribution is 0.411. The Morgan fingerprint density at radius 3 is 2.56 bits per heavy atom. The van der Waals surface area contributed by atoms with E-state index in [9.17, 15) is 0 Å². The van der Waals surface area contributed by atoms with Gasteiger partial charge in [-0.05, 0) is 45.9 Å². The molecule has 0 atom stereocenters. The van der Waals surface area contributed by atoms with Crippen LogP contribution >= 0.6 is 11.3 Å². The number of hydrogen-bond donors (Lipinski definition) is 0. The first kappa shape index (κ1) is 18.1. The minimum atomic E-state index is 0.231. The summed E-state index contributed by atoms with van der Waals surface area (Å²) in [6.07, 6.45) is 2.88. The molecule has 2 nitrogen and oxygen atoms in total. The number of rotatable bonds is 3. The largest absolute Gasteiger partial charge is 0.255 e. The maximum absolute atomic E-state index is 4.88. The molecule has 0 spiro atoms. The Hall–Kier alpha value is -2.26. The number of thiazole rings is 1. The minimum absolute atomic E-state index is 0.231. The molecule has 0 amide bonds. The molecule has 138 valence electrons. The van der Waals surface area contributed by atoms with Crippen LogP contribution in [0.15, 0.2) is 48.7 Å². The zero-order valence-electron chi connectivity index (χ0n) is 16.7. The van der Waals surface area contributed by atoms with Crippen LogP contribution in [-0.4, -0.2) is 9.97 Å². The molecule has 0 N–H and O–H groups in total. The van der Waals surface area contributed by atoms with E-state index in [1.54, 1.807) is 11.3 Å². The summed E-state index contributed by atoms with van der Waals surface area (Å²) in [6.45, 7) is 11.3. The first-order chi connectivity index (χ1) is 12.8. The average molecular weight is 375 g/mol. The highest BCUT2D eigenvalue weighted by Gasteiger charge is 2.18. The second-order valence-corrected chi connectivity index (χ2v) is 9.88. The molecule has 0 aliphatic carbocycles. The monoisotopic (exact) mass is 374 g/mol. The average Bonchev–Trinajstić information content (AvgIpc) is 3.00. The first-order valence-electron chi connectivity index (χ1n) is 9.59. The first-order valence-corrected chi connectivity index (χ1v) is 10.4. The number of fused-ring (bicyclic) bond motifs is 2. The van der Waals surface area contributed by atoms with Crippen molar-refractivity contribution < 1.29 is 0 Å². The molecule has 0 bridgehead atoms. The Morgan fingerprint density at radius 1 is 1.04 bits per heavy atom.